The third-order valence-corrected chi connectivity index (χ3v) is 6.02. The van der Waals surface area contributed by atoms with Crippen molar-refractivity contribution in [1.82, 2.24) is 5.32 Å². The lowest BCUT2D eigenvalue weighted by Crippen LogP contribution is -2.37. The van der Waals surface area contributed by atoms with E-state index in [1.54, 1.807) is 23.9 Å². The molecule has 0 aromatic heterocycles. The number of nitriles is 1. The molecule has 2 unspecified atom stereocenters. The molecule has 24 heavy (non-hydrogen) atoms. The number of benzene rings is 1. The minimum absolute atomic E-state index is 0.0227. The zero-order chi connectivity index (χ0) is 17.4. The first-order chi connectivity index (χ1) is 11.6. The fraction of sp³-hybridized carbons (Fsp3) is 0.529. The summed E-state index contributed by atoms with van der Waals surface area (Å²) >= 11 is 2.20. The Bertz CT molecular complexity index is 575. The molecule has 0 spiro atoms. The van der Waals surface area contributed by atoms with Gasteiger partial charge in [0.1, 0.15) is 6.54 Å². The number of thioether (sulfide) groups is 2. The van der Waals surface area contributed by atoms with E-state index in [2.05, 4.69) is 5.32 Å². The van der Waals surface area contributed by atoms with Gasteiger partial charge in [0.25, 0.3) is 5.76 Å². The summed E-state index contributed by atoms with van der Waals surface area (Å²) < 4.78 is 24.6. The van der Waals surface area contributed by atoms with Gasteiger partial charge >= 0.3 is 0 Å². The van der Waals surface area contributed by atoms with Gasteiger partial charge in [-0.1, -0.05) is 24.6 Å². The van der Waals surface area contributed by atoms with Crippen LogP contribution in [0.1, 0.15) is 25.7 Å². The fourth-order valence-corrected chi connectivity index (χ4v) is 4.56. The zero-order valence-electron chi connectivity index (χ0n) is 13.2. The van der Waals surface area contributed by atoms with Crippen molar-refractivity contribution in [2.45, 2.75) is 41.2 Å². The van der Waals surface area contributed by atoms with E-state index in [9.17, 15) is 13.6 Å². The van der Waals surface area contributed by atoms with Crippen molar-refractivity contribution in [3.8, 4) is 6.07 Å². The summed E-state index contributed by atoms with van der Waals surface area (Å²) in [6.07, 6.45) is 4.05. The van der Waals surface area contributed by atoms with Crippen LogP contribution in [0.15, 0.2) is 34.1 Å². The Morgan fingerprint density at radius 2 is 1.92 bits per heavy atom. The summed E-state index contributed by atoms with van der Waals surface area (Å²) in [7, 11) is 0. The number of halogens is 2. The number of hydrogen-bond donors (Lipinski definition) is 1. The topological polar surface area (TPSA) is 52.9 Å². The Morgan fingerprint density at radius 3 is 2.58 bits per heavy atom. The standard InChI is InChI=1S/C17H20F2N2OS2/c18-17(19)24-14-7-5-13(6-8-14)23-11-12-3-1-2-4-15(12)16(22)21-10-9-20/h5-8,12,15,17H,1-4,10-11H2,(H,21,22). The quantitative estimate of drug-likeness (QED) is 0.565. The van der Waals surface area contributed by atoms with Crippen LogP contribution in [0.4, 0.5) is 8.78 Å². The average molecular weight is 370 g/mol. The number of carbonyl (C=O) groups is 1. The van der Waals surface area contributed by atoms with Crippen LogP contribution < -0.4 is 5.32 Å². The van der Waals surface area contributed by atoms with Crippen LogP contribution in [0.2, 0.25) is 0 Å². The highest BCUT2D eigenvalue weighted by molar-refractivity contribution is 7.99. The summed E-state index contributed by atoms with van der Waals surface area (Å²) in [6.45, 7) is 0.0540. The molecule has 0 radical (unpaired) electrons. The van der Waals surface area contributed by atoms with Gasteiger partial charge in [0, 0.05) is 21.5 Å². The maximum absolute atomic E-state index is 12.3. The molecule has 1 aromatic rings. The average Bonchev–Trinajstić information content (AvgIpc) is 2.59. The molecule has 130 valence electrons. The van der Waals surface area contributed by atoms with Crippen molar-refractivity contribution in [3.05, 3.63) is 24.3 Å². The summed E-state index contributed by atoms with van der Waals surface area (Å²) in [5, 5.41) is 11.3. The third kappa shape index (κ3) is 5.99. The maximum atomic E-state index is 12.3. The Morgan fingerprint density at radius 1 is 1.25 bits per heavy atom. The molecule has 1 aliphatic carbocycles. The van der Waals surface area contributed by atoms with E-state index >= 15 is 0 Å². The van der Waals surface area contributed by atoms with Gasteiger partial charge in [-0.2, -0.15) is 14.0 Å². The molecular weight excluding hydrogens is 350 g/mol. The molecule has 0 bridgehead atoms. The molecule has 1 fully saturated rings. The first-order valence-corrected chi connectivity index (χ1v) is 9.79. The number of rotatable bonds is 7. The number of alkyl halides is 2. The second kappa shape index (κ2) is 9.90. The first kappa shape index (κ1) is 19.1. The predicted molar refractivity (Wildman–Crippen MR) is 93.1 cm³/mol. The first-order valence-electron chi connectivity index (χ1n) is 7.92. The zero-order valence-corrected chi connectivity index (χ0v) is 14.8. The molecule has 1 aliphatic rings. The van der Waals surface area contributed by atoms with Gasteiger partial charge in [-0.25, -0.2) is 0 Å². The monoisotopic (exact) mass is 370 g/mol. The Balaban J connectivity index is 1.88. The summed E-state index contributed by atoms with van der Waals surface area (Å²) in [6, 6.07) is 9.05. The molecule has 0 saturated heterocycles. The lowest BCUT2D eigenvalue weighted by atomic mass is 9.80. The SMILES string of the molecule is N#CCNC(=O)C1CCCCC1CSc1ccc(SC(F)F)cc1. The van der Waals surface area contributed by atoms with Gasteiger partial charge in [-0.15, -0.1) is 11.8 Å². The summed E-state index contributed by atoms with van der Waals surface area (Å²) in [5.41, 5.74) is 0. The lowest BCUT2D eigenvalue weighted by Gasteiger charge is -2.30. The molecule has 3 nitrogen and oxygen atoms in total. The van der Waals surface area contributed by atoms with E-state index in [4.69, 9.17) is 5.26 Å². The van der Waals surface area contributed by atoms with Crippen LogP contribution in [0.5, 0.6) is 0 Å². The largest absolute Gasteiger partial charge is 0.343 e. The van der Waals surface area contributed by atoms with Crippen LogP contribution in [0.3, 0.4) is 0 Å². The summed E-state index contributed by atoms with van der Waals surface area (Å²) in [4.78, 5) is 13.8. The van der Waals surface area contributed by atoms with Crippen LogP contribution >= 0.6 is 23.5 Å². The molecule has 1 amide bonds. The van der Waals surface area contributed by atoms with Crippen LogP contribution in [0.25, 0.3) is 0 Å². The Hall–Kier alpha value is -1.26. The van der Waals surface area contributed by atoms with E-state index in [0.717, 1.165) is 36.3 Å². The molecule has 2 atom stereocenters. The molecule has 1 aromatic carbocycles. The molecule has 0 heterocycles. The van der Waals surface area contributed by atoms with Crippen LogP contribution in [-0.4, -0.2) is 24.0 Å². The van der Waals surface area contributed by atoms with Gasteiger partial charge < -0.3 is 5.32 Å². The van der Waals surface area contributed by atoms with E-state index in [0.29, 0.717) is 16.7 Å². The fourth-order valence-electron chi connectivity index (χ4n) is 2.93. The number of hydrogen-bond acceptors (Lipinski definition) is 4. The predicted octanol–water partition coefficient (Wildman–Crippen LogP) is 4.54. The molecule has 1 N–H and O–H groups in total. The molecule has 0 aliphatic heterocycles. The van der Waals surface area contributed by atoms with Gasteiger partial charge in [0.05, 0.1) is 6.07 Å². The maximum Gasteiger partial charge on any atom is 0.288 e. The van der Waals surface area contributed by atoms with Crippen molar-refractivity contribution in [3.63, 3.8) is 0 Å². The summed E-state index contributed by atoms with van der Waals surface area (Å²) in [5.74, 6) is -1.35. The highest BCUT2D eigenvalue weighted by Crippen LogP contribution is 2.35. The van der Waals surface area contributed by atoms with Crippen molar-refractivity contribution in [2.75, 3.05) is 12.3 Å². The van der Waals surface area contributed by atoms with Crippen LogP contribution in [0, 0.1) is 23.2 Å². The number of carbonyl (C=O) groups excluding carboxylic acids is 1. The highest BCUT2D eigenvalue weighted by Gasteiger charge is 2.30. The smallest absolute Gasteiger partial charge is 0.288 e. The molecule has 1 saturated carbocycles. The molecule has 7 heteroatoms. The van der Waals surface area contributed by atoms with Gasteiger partial charge in [-0.05, 0) is 43.0 Å². The van der Waals surface area contributed by atoms with Crippen molar-refractivity contribution in [1.29, 1.82) is 5.26 Å². The van der Waals surface area contributed by atoms with E-state index in [1.165, 1.54) is 0 Å². The second-order valence-corrected chi connectivity index (χ2v) is 7.84. The molecular formula is C17H20F2N2OS2. The number of amides is 1. The number of nitrogens with one attached hydrogen (secondary N) is 1. The van der Waals surface area contributed by atoms with E-state index in [-0.39, 0.29) is 24.3 Å². The third-order valence-electron chi connectivity index (χ3n) is 4.10. The molecule has 2 rings (SSSR count). The normalized spacial score (nSPS) is 20.6. The van der Waals surface area contributed by atoms with Crippen LogP contribution in [-0.2, 0) is 4.79 Å². The Kier molecular flexibility index (Phi) is 7.86. The van der Waals surface area contributed by atoms with Gasteiger partial charge in [-0.3, -0.25) is 4.79 Å². The minimum atomic E-state index is -2.40. The highest BCUT2D eigenvalue weighted by atomic mass is 32.2. The number of nitrogens with zero attached hydrogens (tertiary/aromatic N) is 1. The lowest BCUT2D eigenvalue weighted by molar-refractivity contribution is -0.127. The van der Waals surface area contributed by atoms with Gasteiger partial charge in [0.15, 0.2) is 0 Å². The van der Waals surface area contributed by atoms with Gasteiger partial charge in [0.2, 0.25) is 5.91 Å². The van der Waals surface area contributed by atoms with Crippen molar-refractivity contribution in [2.24, 2.45) is 11.8 Å². The Labute approximate surface area is 149 Å². The minimum Gasteiger partial charge on any atom is -0.343 e. The van der Waals surface area contributed by atoms with Crippen molar-refractivity contribution < 1.29 is 13.6 Å². The van der Waals surface area contributed by atoms with Crippen molar-refractivity contribution >= 4 is 29.4 Å². The van der Waals surface area contributed by atoms with E-state index in [1.807, 2.05) is 18.2 Å². The van der Waals surface area contributed by atoms with E-state index < -0.39 is 5.76 Å². The second-order valence-electron chi connectivity index (χ2n) is 5.69.